The predicted octanol–water partition coefficient (Wildman–Crippen LogP) is 3.03. The monoisotopic (exact) mass is 424 g/mol. The fourth-order valence-electron chi connectivity index (χ4n) is 2.21. The molecule has 1 amide bonds. The van der Waals surface area contributed by atoms with Gasteiger partial charge in [-0.1, -0.05) is 23.8 Å². The van der Waals surface area contributed by atoms with Crippen LogP contribution in [-0.4, -0.2) is 44.0 Å². The Hall–Kier alpha value is -3.18. The molecule has 0 atom stereocenters. The normalized spacial score (nSPS) is 11.1. The minimum absolute atomic E-state index is 0.0142. The van der Waals surface area contributed by atoms with Gasteiger partial charge in [0.05, 0.1) is 17.6 Å². The van der Waals surface area contributed by atoms with Gasteiger partial charge in [-0.3, -0.25) is 14.3 Å². The number of carbonyl (C=O) groups is 1. The molecular weight excluding hydrogens is 404 g/mol. The number of hydrogen-bond donors (Lipinski definition) is 0. The third-order valence-corrected chi connectivity index (χ3v) is 5.01. The van der Waals surface area contributed by atoms with Gasteiger partial charge in [-0.05, 0) is 25.1 Å². The van der Waals surface area contributed by atoms with E-state index < -0.39 is 27.0 Å². The molecule has 10 nitrogen and oxygen atoms in total. The largest absolute Gasteiger partial charge is 0.441 e. The van der Waals surface area contributed by atoms with Gasteiger partial charge in [-0.15, -0.1) is 6.58 Å². The maximum Gasteiger partial charge on any atom is 0.433 e. The highest BCUT2D eigenvalue weighted by molar-refractivity contribution is 7.86. The maximum absolute atomic E-state index is 12.2. The molecule has 11 heteroatoms. The van der Waals surface area contributed by atoms with E-state index in [2.05, 4.69) is 6.58 Å². The number of hydrogen-bond acceptors (Lipinski definition) is 8. The van der Waals surface area contributed by atoms with Crippen molar-refractivity contribution >= 4 is 22.1 Å². The molecule has 0 saturated carbocycles. The molecule has 1 aromatic heterocycles. The van der Waals surface area contributed by atoms with Crippen LogP contribution >= 0.6 is 0 Å². The molecule has 29 heavy (non-hydrogen) atoms. The maximum atomic E-state index is 12.2. The van der Waals surface area contributed by atoms with E-state index in [1.54, 1.807) is 12.1 Å². The summed E-state index contributed by atoms with van der Waals surface area (Å²) in [5, 5.41) is 10.6. The lowest BCUT2D eigenvalue weighted by atomic mass is 10.2. The first kappa shape index (κ1) is 22.1. The molecule has 0 unspecified atom stereocenters. The van der Waals surface area contributed by atoms with Gasteiger partial charge in [-0.2, -0.15) is 8.42 Å². The quantitative estimate of drug-likeness (QED) is 0.246. The average molecular weight is 424 g/mol. The lowest BCUT2D eigenvalue weighted by Crippen LogP contribution is -2.35. The van der Waals surface area contributed by atoms with Crippen molar-refractivity contribution in [3.8, 4) is 0 Å². The summed E-state index contributed by atoms with van der Waals surface area (Å²) in [5.74, 6) is -0.365. The number of carbonyl (C=O) groups excluding carboxylic acids is 1. The molecule has 0 fully saturated rings. The molecule has 0 aliphatic heterocycles. The molecule has 0 spiro atoms. The third-order valence-electron chi connectivity index (χ3n) is 3.68. The molecule has 2 rings (SSSR count). The second-order valence-electron chi connectivity index (χ2n) is 5.88. The zero-order chi connectivity index (χ0) is 21.4. The molecule has 2 aromatic rings. The van der Waals surface area contributed by atoms with E-state index in [1.165, 1.54) is 29.2 Å². The first-order valence-electron chi connectivity index (χ1n) is 8.44. The highest BCUT2D eigenvalue weighted by atomic mass is 32.2. The Kier molecular flexibility index (Phi) is 7.51. The number of ether oxygens (including phenoxy) is 1. The van der Waals surface area contributed by atoms with Crippen LogP contribution in [0.5, 0.6) is 0 Å². The van der Waals surface area contributed by atoms with Crippen molar-refractivity contribution in [2.24, 2.45) is 0 Å². The summed E-state index contributed by atoms with van der Waals surface area (Å²) in [6, 6.07) is 8.63. The Morgan fingerprint density at radius 3 is 2.55 bits per heavy atom. The number of nitrogens with zero attached hydrogens (tertiary/aromatic N) is 2. The SMILES string of the molecule is C=CCN(CCOS(=O)(=O)c1ccc(C)cc1)C(=O)OCc1ccc([N+](=O)[O-])o1. The van der Waals surface area contributed by atoms with Gasteiger partial charge in [0.15, 0.2) is 6.61 Å². The third kappa shape index (κ3) is 6.43. The van der Waals surface area contributed by atoms with E-state index >= 15 is 0 Å². The molecular formula is C18H20N2O8S. The molecule has 1 heterocycles. The van der Waals surface area contributed by atoms with E-state index in [0.717, 1.165) is 11.6 Å². The molecule has 0 N–H and O–H groups in total. The van der Waals surface area contributed by atoms with Crippen molar-refractivity contribution < 1.29 is 31.5 Å². The van der Waals surface area contributed by atoms with Crippen molar-refractivity contribution in [2.45, 2.75) is 18.4 Å². The van der Waals surface area contributed by atoms with E-state index in [9.17, 15) is 23.3 Å². The molecule has 156 valence electrons. The zero-order valence-corrected chi connectivity index (χ0v) is 16.5. The summed E-state index contributed by atoms with van der Waals surface area (Å²) < 4.78 is 39.3. The number of aryl methyl sites for hydroxylation is 1. The Labute approximate surface area is 167 Å². The number of rotatable bonds is 10. The predicted molar refractivity (Wildman–Crippen MR) is 102 cm³/mol. The molecule has 0 bridgehead atoms. The van der Waals surface area contributed by atoms with Gasteiger partial charge < -0.3 is 14.1 Å². The van der Waals surface area contributed by atoms with Crippen molar-refractivity contribution in [2.75, 3.05) is 19.7 Å². The minimum atomic E-state index is -3.96. The van der Waals surface area contributed by atoms with Crippen LogP contribution in [0.2, 0.25) is 0 Å². The van der Waals surface area contributed by atoms with Crippen LogP contribution in [0, 0.1) is 17.0 Å². The highest BCUT2D eigenvalue weighted by Gasteiger charge is 2.19. The molecule has 0 aliphatic carbocycles. The fourth-order valence-corrected chi connectivity index (χ4v) is 3.11. The number of nitro groups is 1. The van der Waals surface area contributed by atoms with Crippen LogP contribution in [0.25, 0.3) is 0 Å². The summed E-state index contributed by atoms with van der Waals surface area (Å²) in [6.07, 6.45) is 0.660. The molecule has 1 aromatic carbocycles. The molecule has 0 aliphatic rings. The smallest absolute Gasteiger partial charge is 0.433 e. The molecule has 0 radical (unpaired) electrons. The number of amides is 1. The topological polar surface area (TPSA) is 129 Å². The Morgan fingerprint density at radius 2 is 1.97 bits per heavy atom. The van der Waals surface area contributed by atoms with E-state index in [1.807, 2.05) is 6.92 Å². The van der Waals surface area contributed by atoms with Crippen molar-refractivity contribution in [3.05, 3.63) is 70.5 Å². The number of furan rings is 1. The van der Waals surface area contributed by atoms with Crippen LogP contribution in [-0.2, 0) is 25.6 Å². The van der Waals surface area contributed by atoms with Crippen molar-refractivity contribution in [1.29, 1.82) is 0 Å². The summed E-state index contributed by atoms with van der Waals surface area (Å²) in [6.45, 7) is 4.78. The minimum Gasteiger partial charge on any atom is -0.441 e. The first-order chi connectivity index (χ1) is 13.7. The summed E-state index contributed by atoms with van der Waals surface area (Å²) in [4.78, 5) is 23.3. The van der Waals surface area contributed by atoms with Crippen LogP contribution in [0.4, 0.5) is 10.7 Å². The highest BCUT2D eigenvalue weighted by Crippen LogP contribution is 2.17. The Balaban J connectivity index is 1.89. The zero-order valence-electron chi connectivity index (χ0n) is 15.6. The second-order valence-corrected chi connectivity index (χ2v) is 7.49. The van der Waals surface area contributed by atoms with E-state index in [0.29, 0.717) is 0 Å². The molecule has 0 saturated heterocycles. The van der Waals surface area contributed by atoms with Crippen molar-refractivity contribution in [3.63, 3.8) is 0 Å². The van der Waals surface area contributed by atoms with Gasteiger partial charge in [0.2, 0.25) is 0 Å². The average Bonchev–Trinajstić information content (AvgIpc) is 3.15. The lowest BCUT2D eigenvalue weighted by molar-refractivity contribution is -0.402. The van der Waals surface area contributed by atoms with Gasteiger partial charge >= 0.3 is 12.0 Å². The summed E-state index contributed by atoms with van der Waals surface area (Å²) >= 11 is 0. The lowest BCUT2D eigenvalue weighted by Gasteiger charge is -2.20. The van der Waals surface area contributed by atoms with Gasteiger partial charge in [-0.25, -0.2) is 4.79 Å². The first-order valence-corrected chi connectivity index (χ1v) is 9.85. The standard InChI is InChI=1S/C18H20N2O8S/c1-3-10-19(18(21)26-13-15-6-9-17(28-15)20(22)23)11-12-27-29(24,25)16-7-4-14(2)5-8-16/h3-9H,1,10-13H2,2H3. The Morgan fingerprint density at radius 1 is 1.28 bits per heavy atom. The van der Waals surface area contributed by atoms with E-state index in [4.69, 9.17) is 13.3 Å². The summed E-state index contributed by atoms with van der Waals surface area (Å²) in [7, 11) is -3.96. The number of benzene rings is 1. The fraction of sp³-hybridized carbons (Fsp3) is 0.278. The van der Waals surface area contributed by atoms with Gasteiger partial charge in [0.1, 0.15) is 10.7 Å². The van der Waals surface area contributed by atoms with E-state index in [-0.39, 0.29) is 37.0 Å². The van der Waals surface area contributed by atoms with Crippen LogP contribution < -0.4 is 0 Å². The Bertz CT molecular complexity index is 966. The van der Waals surface area contributed by atoms with Crippen molar-refractivity contribution in [1.82, 2.24) is 4.90 Å². The van der Waals surface area contributed by atoms with Crippen LogP contribution in [0.15, 0.2) is 58.4 Å². The second kappa shape index (κ2) is 9.85. The summed E-state index contributed by atoms with van der Waals surface area (Å²) in [5.41, 5.74) is 0.908. The van der Waals surface area contributed by atoms with Gasteiger partial charge in [0, 0.05) is 13.1 Å². The van der Waals surface area contributed by atoms with Crippen LogP contribution in [0.3, 0.4) is 0 Å². The van der Waals surface area contributed by atoms with Crippen LogP contribution in [0.1, 0.15) is 11.3 Å². The van der Waals surface area contributed by atoms with Gasteiger partial charge in [0.25, 0.3) is 10.1 Å².